The summed E-state index contributed by atoms with van der Waals surface area (Å²) in [6, 6.07) is 0.192. The predicted molar refractivity (Wildman–Crippen MR) is 74.8 cm³/mol. The zero-order valence-electron chi connectivity index (χ0n) is 9.32. The fraction of sp³-hybridized carbons (Fsp3) is 0.600. The Balaban J connectivity index is 2.31. The third-order valence-corrected chi connectivity index (χ3v) is 4.04. The van der Waals surface area contributed by atoms with Gasteiger partial charge >= 0.3 is 0 Å². The van der Waals surface area contributed by atoms with E-state index in [-0.39, 0.29) is 17.7 Å². The van der Waals surface area contributed by atoms with Crippen LogP contribution in [0.3, 0.4) is 0 Å². The Morgan fingerprint density at radius 1 is 1.76 bits per heavy atom. The van der Waals surface area contributed by atoms with Crippen LogP contribution in [0.2, 0.25) is 0 Å². The van der Waals surface area contributed by atoms with Crippen molar-refractivity contribution in [1.82, 2.24) is 9.97 Å². The van der Waals surface area contributed by atoms with Crippen LogP contribution in [0, 0.1) is 3.57 Å². The molecule has 1 aliphatic rings. The first kappa shape index (κ1) is 13.1. The van der Waals surface area contributed by atoms with Gasteiger partial charge in [-0.25, -0.2) is 4.98 Å². The van der Waals surface area contributed by atoms with Gasteiger partial charge in [-0.1, -0.05) is 0 Å². The number of aromatic nitrogens is 2. The molecule has 2 heterocycles. The Hall–Kier alpha value is -0.340. The molecule has 2 atom stereocenters. The number of morpholine rings is 1. The highest BCUT2D eigenvalue weighted by Crippen LogP contribution is 2.22. The van der Waals surface area contributed by atoms with Gasteiger partial charge in [0.25, 0.3) is 5.56 Å². The van der Waals surface area contributed by atoms with E-state index < -0.39 is 0 Å². The lowest BCUT2D eigenvalue weighted by Crippen LogP contribution is -2.50. The Morgan fingerprint density at radius 3 is 3.24 bits per heavy atom. The number of aromatic amines is 1. The SMILES string of the molecule is CC1COC(CCl)CN1c1nc[nH]c(=O)c1I. The molecule has 1 aromatic heterocycles. The second-order valence-electron chi connectivity index (χ2n) is 3.98. The van der Waals surface area contributed by atoms with E-state index in [1.54, 1.807) is 0 Å². The van der Waals surface area contributed by atoms with Crippen LogP contribution in [-0.2, 0) is 4.74 Å². The number of nitrogens with zero attached hydrogens (tertiary/aromatic N) is 2. The number of hydrogen-bond donors (Lipinski definition) is 1. The number of nitrogens with one attached hydrogen (secondary N) is 1. The number of H-pyrrole nitrogens is 1. The van der Waals surface area contributed by atoms with Crippen molar-refractivity contribution in [1.29, 1.82) is 0 Å². The minimum Gasteiger partial charge on any atom is -0.373 e. The molecule has 0 saturated carbocycles. The largest absolute Gasteiger partial charge is 0.373 e. The number of alkyl halides is 1. The van der Waals surface area contributed by atoms with Crippen LogP contribution >= 0.6 is 34.2 Å². The van der Waals surface area contributed by atoms with Gasteiger partial charge in [0.1, 0.15) is 9.39 Å². The highest BCUT2D eigenvalue weighted by molar-refractivity contribution is 14.1. The molecule has 1 saturated heterocycles. The smallest absolute Gasteiger partial charge is 0.266 e. The van der Waals surface area contributed by atoms with Gasteiger partial charge < -0.3 is 14.6 Å². The minimum atomic E-state index is -0.114. The Morgan fingerprint density at radius 2 is 2.53 bits per heavy atom. The first-order valence-electron chi connectivity index (χ1n) is 5.31. The first-order valence-corrected chi connectivity index (χ1v) is 6.92. The molecular formula is C10H13ClIN3O2. The molecule has 0 radical (unpaired) electrons. The van der Waals surface area contributed by atoms with Gasteiger partial charge in [0, 0.05) is 6.54 Å². The maximum absolute atomic E-state index is 11.6. The summed E-state index contributed by atoms with van der Waals surface area (Å²) in [5.74, 6) is 1.16. The lowest BCUT2D eigenvalue weighted by molar-refractivity contribution is 0.0360. The predicted octanol–water partition coefficient (Wildman–Crippen LogP) is 1.21. The van der Waals surface area contributed by atoms with Crippen LogP contribution in [0.25, 0.3) is 0 Å². The summed E-state index contributed by atoms with van der Waals surface area (Å²) in [6.45, 7) is 3.31. The zero-order valence-corrected chi connectivity index (χ0v) is 12.2. The van der Waals surface area contributed by atoms with E-state index in [9.17, 15) is 4.79 Å². The second kappa shape index (κ2) is 5.53. The van der Waals surface area contributed by atoms with Crippen LogP contribution in [0.15, 0.2) is 11.1 Å². The summed E-state index contributed by atoms with van der Waals surface area (Å²) in [6.07, 6.45) is 1.42. The Labute approximate surface area is 118 Å². The van der Waals surface area contributed by atoms with Crippen LogP contribution in [0.4, 0.5) is 5.82 Å². The molecule has 2 unspecified atom stereocenters. The highest BCUT2D eigenvalue weighted by Gasteiger charge is 2.28. The molecule has 1 fully saturated rings. The van der Waals surface area contributed by atoms with E-state index >= 15 is 0 Å². The molecule has 0 spiro atoms. The van der Waals surface area contributed by atoms with Crippen LogP contribution in [-0.4, -0.2) is 41.1 Å². The molecule has 7 heteroatoms. The first-order chi connectivity index (χ1) is 8.13. The molecule has 17 heavy (non-hydrogen) atoms. The summed E-state index contributed by atoms with van der Waals surface area (Å²) >= 11 is 7.82. The number of rotatable bonds is 2. The van der Waals surface area contributed by atoms with E-state index in [0.29, 0.717) is 28.4 Å². The second-order valence-corrected chi connectivity index (χ2v) is 5.37. The third-order valence-electron chi connectivity index (χ3n) is 2.73. The lowest BCUT2D eigenvalue weighted by atomic mass is 10.2. The molecule has 0 amide bonds. The van der Waals surface area contributed by atoms with Crippen molar-refractivity contribution in [2.45, 2.75) is 19.1 Å². The van der Waals surface area contributed by atoms with Crippen molar-refractivity contribution in [2.24, 2.45) is 0 Å². The maximum atomic E-state index is 11.6. The van der Waals surface area contributed by atoms with Crippen molar-refractivity contribution >= 4 is 40.0 Å². The van der Waals surface area contributed by atoms with Crippen molar-refractivity contribution in [3.8, 4) is 0 Å². The molecule has 0 aromatic carbocycles. The van der Waals surface area contributed by atoms with Crippen LogP contribution in [0.1, 0.15) is 6.92 Å². The number of hydrogen-bond acceptors (Lipinski definition) is 4. The Kier molecular flexibility index (Phi) is 4.26. The summed E-state index contributed by atoms with van der Waals surface area (Å²) < 4.78 is 6.18. The van der Waals surface area contributed by atoms with Gasteiger partial charge in [-0.2, -0.15) is 0 Å². The van der Waals surface area contributed by atoms with E-state index in [1.807, 2.05) is 29.5 Å². The number of ether oxygens (including phenoxy) is 1. The minimum absolute atomic E-state index is 0.00949. The van der Waals surface area contributed by atoms with Crippen molar-refractivity contribution in [3.05, 3.63) is 20.3 Å². The molecule has 0 bridgehead atoms. The van der Waals surface area contributed by atoms with Gasteiger partial charge in [-0.05, 0) is 29.5 Å². The van der Waals surface area contributed by atoms with E-state index in [2.05, 4.69) is 14.9 Å². The topological polar surface area (TPSA) is 58.2 Å². The van der Waals surface area contributed by atoms with Crippen molar-refractivity contribution < 1.29 is 4.74 Å². The average Bonchev–Trinajstić information content (AvgIpc) is 2.34. The summed E-state index contributed by atoms with van der Waals surface area (Å²) in [7, 11) is 0. The standard InChI is InChI=1S/C10H13ClIN3O2/c1-6-4-17-7(2-11)3-15(6)9-8(12)10(16)14-5-13-9/h5-7H,2-4H2,1H3,(H,13,14,16). The summed E-state index contributed by atoms with van der Waals surface area (Å²) in [4.78, 5) is 20.4. The monoisotopic (exact) mass is 369 g/mol. The average molecular weight is 370 g/mol. The van der Waals surface area contributed by atoms with Crippen molar-refractivity contribution in [3.63, 3.8) is 0 Å². The normalized spacial score (nSPS) is 25.0. The van der Waals surface area contributed by atoms with Crippen LogP contribution < -0.4 is 10.5 Å². The molecule has 0 aliphatic carbocycles. The Bertz CT molecular complexity index is 453. The number of anilines is 1. The summed E-state index contributed by atoms with van der Waals surface area (Å²) in [5.41, 5.74) is -0.114. The zero-order chi connectivity index (χ0) is 12.4. The van der Waals surface area contributed by atoms with E-state index in [0.717, 1.165) is 0 Å². The van der Waals surface area contributed by atoms with Gasteiger partial charge in [-0.3, -0.25) is 4.79 Å². The molecule has 1 aliphatic heterocycles. The molecule has 94 valence electrons. The number of halogens is 2. The quantitative estimate of drug-likeness (QED) is 0.629. The lowest BCUT2D eigenvalue weighted by Gasteiger charge is -2.38. The summed E-state index contributed by atoms with van der Waals surface area (Å²) in [5, 5.41) is 0. The van der Waals surface area contributed by atoms with Crippen molar-refractivity contribution in [2.75, 3.05) is 23.9 Å². The van der Waals surface area contributed by atoms with Crippen LogP contribution in [0.5, 0.6) is 0 Å². The molecule has 5 nitrogen and oxygen atoms in total. The third kappa shape index (κ3) is 2.74. The maximum Gasteiger partial charge on any atom is 0.266 e. The van der Waals surface area contributed by atoms with E-state index in [4.69, 9.17) is 16.3 Å². The molecule has 1 N–H and O–H groups in total. The fourth-order valence-electron chi connectivity index (χ4n) is 1.78. The molecular weight excluding hydrogens is 356 g/mol. The van der Waals surface area contributed by atoms with Gasteiger partial charge in [-0.15, -0.1) is 11.6 Å². The van der Waals surface area contributed by atoms with Gasteiger partial charge in [0.05, 0.1) is 31.0 Å². The fourth-order valence-corrected chi connectivity index (χ4v) is 2.57. The highest BCUT2D eigenvalue weighted by atomic mass is 127. The molecule has 1 aromatic rings. The molecule has 2 rings (SSSR count). The van der Waals surface area contributed by atoms with E-state index in [1.165, 1.54) is 6.33 Å². The van der Waals surface area contributed by atoms with Gasteiger partial charge in [0.2, 0.25) is 0 Å². The van der Waals surface area contributed by atoms with Gasteiger partial charge in [0.15, 0.2) is 0 Å².